The SMILES string of the molecule is O=C(C=Cc1ccc2c(c1)OCO2)N1CCC(CN2C(=O)c3cccc4cccc(c34)C2=O)CC1. The lowest BCUT2D eigenvalue weighted by Gasteiger charge is -2.35. The van der Waals surface area contributed by atoms with Gasteiger partial charge >= 0.3 is 0 Å². The lowest BCUT2D eigenvalue weighted by atomic mass is 9.91. The molecule has 0 unspecified atom stereocenters. The quantitative estimate of drug-likeness (QED) is 0.425. The molecule has 35 heavy (non-hydrogen) atoms. The van der Waals surface area contributed by atoms with Gasteiger partial charge in [-0.3, -0.25) is 19.3 Å². The highest BCUT2D eigenvalue weighted by atomic mass is 16.7. The molecule has 1 fully saturated rings. The van der Waals surface area contributed by atoms with E-state index in [4.69, 9.17) is 9.47 Å². The third-order valence-electron chi connectivity index (χ3n) is 7.04. The molecule has 0 N–H and O–H groups in total. The summed E-state index contributed by atoms with van der Waals surface area (Å²) >= 11 is 0. The van der Waals surface area contributed by atoms with Gasteiger partial charge in [0, 0.05) is 42.2 Å². The number of amides is 3. The Morgan fingerprint density at radius 2 is 1.60 bits per heavy atom. The topological polar surface area (TPSA) is 76.2 Å². The lowest BCUT2D eigenvalue weighted by Crippen LogP contribution is -2.46. The summed E-state index contributed by atoms with van der Waals surface area (Å²) in [5.74, 6) is 1.04. The van der Waals surface area contributed by atoms with Crippen LogP contribution in [0, 0.1) is 5.92 Å². The number of rotatable bonds is 4. The van der Waals surface area contributed by atoms with Crippen LogP contribution in [0.4, 0.5) is 0 Å². The van der Waals surface area contributed by atoms with E-state index in [0.717, 1.165) is 29.2 Å². The Morgan fingerprint density at radius 3 is 2.31 bits per heavy atom. The van der Waals surface area contributed by atoms with Crippen LogP contribution in [0.2, 0.25) is 0 Å². The molecule has 0 saturated carbocycles. The summed E-state index contributed by atoms with van der Waals surface area (Å²) in [6, 6.07) is 16.7. The Kier molecular flexibility index (Phi) is 5.25. The molecule has 0 spiro atoms. The standard InChI is InChI=1S/C28H24N2O5/c31-25(10-8-18-7-9-23-24(15-18)35-17-34-23)29-13-11-19(12-14-29)16-30-27(32)21-5-1-3-20-4-2-6-22(26(20)21)28(30)33/h1-10,15,19H,11-14,16-17H2. The van der Waals surface area contributed by atoms with Crippen molar-refractivity contribution in [3.8, 4) is 11.5 Å². The van der Waals surface area contributed by atoms with E-state index in [9.17, 15) is 14.4 Å². The number of likely N-dealkylation sites (tertiary alicyclic amines) is 1. The summed E-state index contributed by atoms with van der Waals surface area (Å²) in [5, 5.41) is 1.65. The van der Waals surface area contributed by atoms with E-state index in [-0.39, 0.29) is 30.4 Å². The molecule has 1 saturated heterocycles. The maximum absolute atomic E-state index is 13.2. The summed E-state index contributed by atoms with van der Waals surface area (Å²) in [6.45, 7) is 1.78. The summed E-state index contributed by atoms with van der Waals surface area (Å²) in [5.41, 5.74) is 2.04. The zero-order chi connectivity index (χ0) is 23.9. The van der Waals surface area contributed by atoms with Crippen LogP contribution in [0.25, 0.3) is 16.8 Å². The van der Waals surface area contributed by atoms with Crippen molar-refractivity contribution in [2.45, 2.75) is 12.8 Å². The van der Waals surface area contributed by atoms with Crippen molar-refractivity contribution in [2.75, 3.05) is 26.4 Å². The number of piperidine rings is 1. The molecule has 0 atom stereocenters. The fourth-order valence-electron chi connectivity index (χ4n) is 5.13. The van der Waals surface area contributed by atoms with Gasteiger partial charge in [0.15, 0.2) is 11.5 Å². The van der Waals surface area contributed by atoms with E-state index in [0.29, 0.717) is 42.3 Å². The number of nitrogens with zero attached hydrogens (tertiary/aromatic N) is 2. The minimum Gasteiger partial charge on any atom is -0.454 e. The highest BCUT2D eigenvalue weighted by Gasteiger charge is 2.35. The van der Waals surface area contributed by atoms with Crippen molar-refractivity contribution in [1.82, 2.24) is 9.80 Å². The third-order valence-corrected chi connectivity index (χ3v) is 7.04. The molecule has 0 bridgehead atoms. The average molecular weight is 469 g/mol. The predicted octanol–water partition coefficient (Wildman–Crippen LogP) is 4.12. The van der Waals surface area contributed by atoms with Gasteiger partial charge in [0.1, 0.15) is 0 Å². The number of benzene rings is 3. The van der Waals surface area contributed by atoms with Crippen molar-refractivity contribution >= 4 is 34.6 Å². The Balaban J connectivity index is 1.09. The van der Waals surface area contributed by atoms with Gasteiger partial charge in [0.2, 0.25) is 12.7 Å². The van der Waals surface area contributed by atoms with Crippen molar-refractivity contribution in [3.63, 3.8) is 0 Å². The zero-order valence-corrected chi connectivity index (χ0v) is 19.1. The minimum atomic E-state index is -0.232. The molecule has 7 nitrogen and oxygen atoms in total. The first kappa shape index (κ1) is 21.4. The van der Waals surface area contributed by atoms with Crippen LogP contribution in [0.1, 0.15) is 39.1 Å². The normalized spacial score (nSPS) is 17.6. The number of hydrogen-bond donors (Lipinski definition) is 0. The van der Waals surface area contributed by atoms with Crippen LogP contribution in [0.5, 0.6) is 11.5 Å². The van der Waals surface area contributed by atoms with E-state index >= 15 is 0 Å². The van der Waals surface area contributed by atoms with Crippen LogP contribution in [-0.4, -0.2) is 53.9 Å². The molecular formula is C28H24N2O5. The average Bonchev–Trinajstić information content (AvgIpc) is 3.36. The molecule has 3 aliphatic rings. The highest BCUT2D eigenvalue weighted by molar-refractivity contribution is 6.25. The molecule has 6 rings (SSSR count). The van der Waals surface area contributed by atoms with Crippen molar-refractivity contribution < 1.29 is 23.9 Å². The first-order valence-corrected chi connectivity index (χ1v) is 11.8. The van der Waals surface area contributed by atoms with E-state index in [1.54, 1.807) is 24.3 Å². The molecule has 176 valence electrons. The number of hydrogen-bond acceptors (Lipinski definition) is 5. The molecular weight excluding hydrogens is 444 g/mol. The smallest absolute Gasteiger partial charge is 0.261 e. The second-order valence-corrected chi connectivity index (χ2v) is 9.14. The van der Waals surface area contributed by atoms with E-state index in [1.807, 2.05) is 47.4 Å². The molecule has 3 heterocycles. The molecule has 0 radical (unpaired) electrons. The summed E-state index contributed by atoms with van der Waals surface area (Å²) in [7, 11) is 0. The van der Waals surface area contributed by atoms with E-state index in [1.165, 1.54) is 4.90 Å². The van der Waals surface area contributed by atoms with Gasteiger partial charge < -0.3 is 14.4 Å². The molecule has 0 aliphatic carbocycles. The van der Waals surface area contributed by atoms with E-state index < -0.39 is 0 Å². The maximum Gasteiger partial charge on any atom is 0.261 e. The first-order valence-electron chi connectivity index (χ1n) is 11.8. The van der Waals surface area contributed by atoms with Crippen LogP contribution >= 0.6 is 0 Å². The molecule has 0 aromatic heterocycles. The lowest BCUT2D eigenvalue weighted by molar-refractivity contribution is -0.127. The molecule has 3 aromatic carbocycles. The summed E-state index contributed by atoms with van der Waals surface area (Å²) < 4.78 is 10.7. The second-order valence-electron chi connectivity index (χ2n) is 9.14. The van der Waals surface area contributed by atoms with Crippen LogP contribution in [-0.2, 0) is 4.79 Å². The van der Waals surface area contributed by atoms with Crippen molar-refractivity contribution in [3.05, 3.63) is 77.4 Å². The van der Waals surface area contributed by atoms with Gasteiger partial charge in [-0.2, -0.15) is 0 Å². The number of ether oxygens (including phenoxy) is 2. The monoisotopic (exact) mass is 468 g/mol. The van der Waals surface area contributed by atoms with Crippen LogP contribution < -0.4 is 9.47 Å². The van der Waals surface area contributed by atoms with Crippen LogP contribution in [0.3, 0.4) is 0 Å². The number of carbonyl (C=O) groups is 3. The Labute approximate surface area is 202 Å². The fraction of sp³-hybridized carbons (Fsp3) is 0.250. The second kappa shape index (κ2) is 8.58. The fourth-order valence-corrected chi connectivity index (χ4v) is 5.13. The number of fused-ring (bicyclic) bond motifs is 1. The highest BCUT2D eigenvalue weighted by Crippen LogP contribution is 2.33. The summed E-state index contributed by atoms with van der Waals surface area (Å²) in [4.78, 5) is 42.2. The molecule has 3 aromatic rings. The van der Waals surface area contributed by atoms with Gasteiger partial charge in [-0.05, 0) is 60.1 Å². The van der Waals surface area contributed by atoms with Gasteiger partial charge in [-0.25, -0.2) is 0 Å². The molecule has 3 amide bonds. The molecule has 7 heteroatoms. The van der Waals surface area contributed by atoms with Gasteiger partial charge in [-0.15, -0.1) is 0 Å². The largest absolute Gasteiger partial charge is 0.454 e. The van der Waals surface area contributed by atoms with Gasteiger partial charge in [-0.1, -0.05) is 30.3 Å². The third kappa shape index (κ3) is 3.83. The Bertz CT molecular complexity index is 1340. The zero-order valence-electron chi connectivity index (χ0n) is 19.1. The number of imide groups is 1. The first-order chi connectivity index (χ1) is 17.1. The van der Waals surface area contributed by atoms with Gasteiger partial charge in [0.25, 0.3) is 11.8 Å². The molecule has 3 aliphatic heterocycles. The Hall–Kier alpha value is -4.13. The van der Waals surface area contributed by atoms with Gasteiger partial charge in [0.05, 0.1) is 0 Å². The van der Waals surface area contributed by atoms with Crippen molar-refractivity contribution in [1.29, 1.82) is 0 Å². The minimum absolute atomic E-state index is 0.0492. The predicted molar refractivity (Wildman–Crippen MR) is 130 cm³/mol. The van der Waals surface area contributed by atoms with E-state index in [2.05, 4.69) is 0 Å². The van der Waals surface area contributed by atoms with Crippen LogP contribution in [0.15, 0.2) is 60.7 Å². The Morgan fingerprint density at radius 1 is 0.914 bits per heavy atom. The van der Waals surface area contributed by atoms with Crippen molar-refractivity contribution in [2.24, 2.45) is 5.92 Å². The number of carbonyl (C=O) groups excluding carboxylic acids is 3. The summed E-state index contributed by atoms with van der Waals surface area (Å²) in [6.07, 6.45) is 4.84. The maximum atomic E-state index is 13.2.